The fourth-order valence-electron chi connectivity index (χ4n) is 6.53. The number of rotatable bonds is 7. The molecular formula is C31H35N3O4S. The maximum atomic E-state index is 12.8. The number of aryl methyl sites for hydroxylation is 2. The van der Waals surface area contributed by atoms with Gasteiger partial charge in [0, 0.05) is 42.7 Å². The summed E-state index contributed by atoms with van der Waals surface area (Å²) in [7, 11) is 0. The van der Waals surface area contributed by atoms with Gasteiger partial charge in [0.2, 0.25) is 0 Å². The lowest BCUT2D eigenvalue weighted by Crippen LogP contribution is -2.44. The van der Waals surface area contributed by atoms with E-state index in [1.165, 1.54) is 0 Å². The van der Waals surface area contributed by atoms with Gasteiger partial charge in [0.15, 0.2) is 5.13 Å². The van der Waals surface area contributed by atoms with Crippen LogP contribution in [0.4, 0.5) is 5.13 Å². The predicted octanol–water partition coefficient (Wildman–Crippen LogP) is 5.79. The molecule has 2 aliphatic heterocycles. The molecule has 204 valence electrons. The maximum absolute atomic E-state index is 12.8. The summed E-state index contributed by atoms with van der Waals surface area (Å²) in [6.07, 6.45) is 4.14. The van der Waals surface area contributed by atoms with Gasteiger partial charge in [-0.1, -0.05) is 17.7 Å². The van der Waals surface area contributed by atoms with Gasteiger partial charge in [-0.3, -0.25) is 9.59 Å². The first kappa shape index (κ1) is 25.9. The Labute approximate surface area is 233 Å². The summed E-state index contributed by atoms with van der Waals surface area (Å²) in [5.41, 5.74) is 5.81. The SMILES string of the molecule is Cc1ccc(OCc2ccc(C(=O)N3CCCC3)cc2C)c(-c2csc(N3C[C@H]4CC[C@@H](C3)[C@H]4C(=O)O)n2)c1. The van der Waals surface area contributed by atoms with Crippen LogP contribution in [-0.2, 0) is 11.4 Å². The number of likely N-dealkylation sites (tertiary alicyclic amines) is 1. The van der Waals surface area contributed by atoms with Gasteiger partial charge < -0.3 is 19.6 Å². The van der Waals surface area contributed by atoms with Gasteiger partial charge in [-0.2, -0.15) is 0 Å². The second kappa shape index (κ2) is 10.6. The number of aliphatic carboxylic acids is 1. The number of aromatic nitrogens is 1. The molecule has 2 bridgehead atoms. The smallest absolute Gasteiger partial charge is 0.307 e. The zero-order chi connectivity index (χ0) is 27.1. The highest BCUT2D eigenvalue weighted by Crippen LogP contribution is 2.44. The van der Waals surface area contributed by atoms with E-state index in [1.807, 2.05) is 42.2 Å². The molecule has 1 aliphatic carbocycles. The Balaban J connectivity index is 1.17. The molecule has 1 amide bonds. The van der Waals surface area contributed by atoms with E-state index in [4.69, 9.17) is 9.72 Å². The van der Waals surface area contributed by atoms with Crippen LogP contribution in [0.1, 0.15) is 52.7 Å². The Kier molecular flexibility index (Phi) is 7.06. The fourth-order valence-corrected chi connectivity index (χ4v) is 7.38. The number of amides is 1. The van der Waals surface area contributed by atoms with Crippen molar-refractivity contribution in [1.29, 1.82) is 0 Å². The van der Waals surface area contributed by atoms with Crippen molar-refractivity contribution in [2.45, 2.75) is 46.1 Å². The third-order valence-electron chi connectivity index (χ3n) is 8.66. The van der Waals surface area contributed by atoms with Crippen molar-refractivity contribution in [3.63, 3.8) is 0 Å². The number of carbonyl (C=O) groups is 2. The second-order valence-corrected chi connectivity index (χ2v) is 12.1. The molecule has 0 unspecified atom stereocenters. The van der Waals surface area contributed by atoms with Crippen LogP contribution in [0.3, 0.4) is 0 Å². The van der Waals surface area contributed by atoms with E-state index in [0.717, 1.165) is 96.3 Å². The highest BCUT2D eigenvalue weighted by molar-refractivity contribution is 7.14. The molecule has 3 atom stereocenters. The van der Waals surface area contributed by atoms with Crippen LogP contribution >= 0.6 is 11.3 Å². The van der Waals surface area contributed by atoms with E-state index in [2.05, 4.69) is 23.3 Å². The standard InChI is InChI=1S/C31H35N3O4S/c1-19-5-10-27(38-17-24-9-6-21(14-20(24)2)29(35)33-11-3-4-12-33)25(13-19)26-18-39-31(32-26)34-15-22-7-8-23(16-34)28(22)30(36)37/h5-6,9-10,13-14,18,22-23,28H,3-4,7-8,11-12,15-17H2,1-2H3,(H,36,37)/t22-,23+,28+. The Morgan fingerprint density at radius 2 is 1.79 bits per heavy atom. The number of nitrogens with zero attached hydrogens (tertiary/aromatic N) is 3. The Hall–Kier alpha value is -3.39. The number of hydrogen-bond acceptors (Lipinski definition) is 6. The number of hydrogen-bond donors (Lipinski definition) is 1. The summed E-state index contributed by atoms with van der Waals surface area (Å²) < 4.78 is 6.34. The number of carboxylic acids is 1. The average molecular weight is 546 g/mol. The molecule has 8 heteroatoms. The topological polar surface area (TPSA) is 83.0 Å². The van der Waals surface area contributed by atoms with Crippen molar-refractivity contribution in [1.82, 2.24) is 9.88 Å². The Bertz CT molecular complexity index is 1380. The van der Waals surface area contributed by atoms with Gasteiger partial charge in [0.25, 0.3) is 5.91 Å². The summed E-state index contributed by atoms with van der Waals surface area (Å²) >= 11 is 1.61. The number of piperidine rings is 1. The van der Waals surface area contributed by atoms with E-state index in [9.17, 15) is 14.7 Å². The second-order valence-electron chi connectivity index (χ2n) is 11.3. The summed E-state index contributed by atoms with van der Waals surface area (Å²) in [6.45, 7) is 7.71. The van der Waals surface area contributed by atoms with Gasteiger partial charge in [0.05, 0.1) is 11.6 Å². The van der Waals surface area contributed by atoms with Crippen molar-refractivity contribution >= 4 is 28.3 Å². The van der Waals surface area contributed by atoms with Crippen LogP contribution < -0.4 is 9.64 Å². The fraction of sp³-hybridized carbons (Fsp3) is 0.452. The van der Waals surface area contributed by atoms with Crippen LogP contribution in [0.2, 0.25) is 0 Å². The molecule has 1 saturated carbocycles. The molecule has 3 fully saturated rings. The molecule has 39 heavy (non-hydrogen) atoms. The van der Waals surface area contributed by atoms with Gasteiger partial charge in [-0.25, -0.2) is 4.98 Å². The number of thiazole rings is 1. The number of benzene rings is 2. The van der Waals surface area contributed by atoms with Crippen LogP contribution in [0, 0.1) is 31.6 Å². The lowest BCUT2D eigenvalue weighted by molar-refractivity contribution is -0.144. The first-order chi connectivity index (χ1) is 18.9. The van der Waals surface area contributed by atoms with E-state index >= 15 is 0 Å². The van der Waals surface area contributed by atoms with Crippen LogP contribution in [-0.4, -0.2) is 53.0 Å². The average Bonchev–Trinajstić information content (AvgIpc) is 3.68. The normalized spacial score (nSPS) is 22.4. The zero-order valence-corrected chi connectivity index (χ0v) is 23.4. The highest BCUT2D eigenvalue weighted by Gasteiger charge is 2.46. The molecule has 0 spiro atoms. The number of carboxylic acid groups (broad SMARTS) is 1. The third-order valence-corrected chi connectivity index (χ3v) is 9.56. The molecular weight excluding hydrogens is 510 g/mol. The van der Waals surface area contributed by atoms with Crippen LogP contribution in [0.25, 0.3) is 11.3 Å². The predicted molar refractivity (Wildman–Crippen MR) is 152 cm³/mol. The number of fused-ring (bicyclic) bond motifs is 2. The monoisotopic (exact) mass is 545 g/mol. The summed E-state index contributed by atoms with van der Waals surface area (Å²) in [6, 6.07) is 12.0. The van der Waals surface area contributed by atoms with E-state index in [0.29, 0.717) is 6.61 Å². The van der Waals surface area contributed by atoms with Gasteiger partial charge in [0.1, 0.15) is 12.4 Å². The van der Waals surface area contributed by atoms with Crippen molar-refractivity contribution < 1.29 is 19.4 Å². The summed E-state index contributed by atoms with van der Waals surface area (Å²) in [5.74, 6) is 0.431. The van der Waals surface area contributed by atoms with E-state index < -0.39 is 5.97 Å². The zero-order valence-electron chi connectivity index (χ0n) is 22.6. The highest BCUT2D eigenvalue weighted by atomic mass is 32.1. The maximum Gasteiger partial charge on any atom is 0.307 e. The largest absolute Gasteiger partial charge is 0.488 e. The number of ether oxygens (including phenoxy) is 1. The minimum atomic E-state index is -0.647. The first-order valence-electron chi connectivity index (χ1n) is 13.9. The molecule has 1 aromatic heterocycles. The third kappa shape index (κ3) is 5.14. The van der Waals surface area contributed by atoms with Crippen molar-refractivity contribution in [2.75, 3.05) is 31.1 Å². The molecule has 7 nitrogen and oxygen atoms in total. The van der Waals surface area contributed by atoms with Crippen molar-refractivity contribution in [3.8, 4) is 17.0 Å². The van der Waals surface area contributed by atoms with Crippen molar-refractivity contribution in [3.05, 3.63) is 64.0 Å². The van der Waals surface area contributed by atoms with Crippen molar-refractivity contribution in [2.24, 2.45) is 17.8 Å². The Morgan fingerprint density at radius 3 is 2.49 bits per heavy atom. The van der Waals surface area contributed by atoms with Gasteiger partial charge >= 0.3 is 5.97 Å². The van der Waals surface area contributed by atoms with E-state index in [-0.39, 0.29) is 23.7 Å². The lowest BCUT2D eigenvalue weighted by Gasteiger charge is -2.35. The molecule has 0 radical (unpaired) electrons. The van der Waals surface area contributed by atoms with Crippen LogP contribution in [0.5, 0.6) is 5.75 Å². The molecule has 2 saturated heterocycles. The molecule has 2 aromatic carbocycles. The molecule has 3 aromatic rings. The van der Waals surface area contributed by atoms with Gasteiger partial charge in [-0.15, -0.1) is 11.3 Å². The molecule has 3 heterocycles. The minimum Gasteiger partial charge on any atom is -0.488 e. The van der Waals surface area contributed by atoms with Gasteiger partial charge in [-0.05, 0) is 86.8 Å². The quantitative estimate of drug-likeness (QED) is 0.405. The minimum absolute atomic E-state index is 0.114. The molecule has 3 aliphatic rings. The lowest BCUT2D eigenvalue weighted by atomic mass is 9.85. The Morgan fingerprint density at radius 1 is 1.05 bits per heavy atom. The van der Waals surface area contributed by atoms with E-state index in [1.54, 1.807) is 11.3 Å². The summed E-state index contributed by atoms with van der Waals surface area (Å²) in [5, 5.41) is 12.7. The van der Waals surface area contributed by atoms with Crippen LogP contribution in [0.15, 0.2) is 41.8 Å². The summed E-state index contributed by atoms with van der Waals surface area (Å²) in [4.78, 5) is 33.7. The molecule has 1 N–H and O–H groups in total. The first-order valence-corrected chi connectivity index (χ1v) is 14.8. The molecule has 6 rings (SSSR count). The number of anilines is 1. The number of carbonyl (C=O) groups excluding carboxylic acids is 1.